The van der Waals surface area contributed by atoms with Crippen molar-refractivity contribution in [2.75, 3.05) is 26.1 Å². The van der Waals surface area contributed by atoms with Crippen LogP contribution >= 0.6 is 0 Å². The molecule has 2 rings (SSSR count). The van der Waals surface area contributed by atoms with E-state index in [1.807, 2.05) is 20.8 Å². The highest BCUT2D eigenvalue weighted by molar-refractivity contribution is 5.95. The molecule has 2 aromatic carbocycles. The number of nitrogens with one attached hydrogen (secondary N) is 1. The molecule has 1 N–H and O–H groups in total. The predicted octanol–water partition coefficient (Wildman–Crippen LogP) is 3.57. The van der Waals surface area contributed by atoms with Crippen molar-refractivity contribution in [1.29, 1.82) is 0 Å². The van der Waals surface area contributed by atoms with Crippen LogP contribution in [0, 0.1) is 6.92 Å². The second-order valence-electron chi connectivity index (χ2n) is 6.65. The molecule has 0 aliphatic carbocycles. The van der Waals surface area contributed by atoms with Crippen molar-refractivity contribution in [3.63, 3.8) is 0 Å². The van der Waals surface area contributed by atoms with Crippen LogP contribution < -0.4 is 14.8 Å². The maximum Gasteiger partial charge on any atom is 0.337 e. The first-order chi connectivity index (χ1) is 14.3. The van der Waals surface area contributed by atoms with Crippen molar-refractivity contribution in [2.24, 2.45) is 5.16 Å². The van der Waals surface area contributed by atoms with Gasteiger partial charge in [0, 0.05) is 11.3 Å². The molecule has 0 bridgehead atoms. The number of aryl methyl sites for hydroxylation is 1. The van der Waals surface area contributed by atoms with Crippen molar-refractivity contribution >= 4 is 23.8 Å². The molecule has 0 unspecified atom stereocenters. The third kappa shape index (κ3) is 6.51. The maximum absolute atomic E-state index is 12.1. The molecule has 1 amide bonds. The fourth-order valence-corrected chi connectivity index (χ4v) is 2.50. The third-order valence-electron chi connectivity index (χ3n) is 3.96. The highest BCUT2D eigenvalue weighted by Crippen LogP contribution is 2.28. The van der Waals surface area contributed by atoms with E-state index in [9.17, 15) is 9.59 Å². The number of rotatable bonds is 9. The molecule has 0 saturated carbocycles. The summed E-state index contributed by atoms with van der Waals surface area (Å²) in [7, 11) is 2.86. The summed E-state index contributed by atoms with van der Waals surface area (Å²) in [4.78, 5) is 28.8. The molecule has 0 aliphatic heterocycles. The molecule has 160 valence electrons. The number of benzene rings is 2. The molecule has 0 fully saturated rings. The average Bonchev–Trinajstić information content (AvgIpc) is 2.72. The molecule has 8 heteroatoms. The van der Waals surface area contributed by atoms with Crippen LogP contribution in [0.4, 0.5) is 5.69 Å². The van der Waals surface area contributed by atoms with E-state index >= 15 is 0 Å². The number of hydrogen-bond acceptors (Lipinski definition) is 7. The van der Waals surface area contributed by atoms with Gasteiger partial charge in [0.2, 0.25) is 0 Å². The van der Waals surface area contributed by atoms with Crippen LogP contribution in [0.5, 0.6) is 11.5 Å². The summed E-state index contributed by atoms with van der Waals surface area (Å²) in [6, 6.07) is 10.2. The molecule has 0 atom stereocenters. The average molecular weight is 414 g/mol. The van der Waals surface area contributed by atoms with Gasteiger partial charge < -0.3 is 24.4 Å². The second kappa shape index (κ2) is 10.8. The number of carbonyl (C=O) groups is 2. The predicted molar refractivity (Wildman–Crippen MR) is 113 cm³/mol. The number of anilines is 1. The number of hydrogen-bond donors (Lipinski definition) is 1. The molecular weight excluding hydrogens is 388 g/mol. The fraction of sp³-hybridized carbons (Fsp3) is 0.318. The first-order valence-corrected chi connectivity index (χ1v) is 9.33. The largest absolute Gasteiger partial charge is 0.493 e. The van der Waals surface area contributed by atoms with Gasteiger partial charge in [0.1, 0.15) is 0 Å². The number of esters is 1. The van der Waals surface area contributed by atoms with Gasteiger partial charge in [-0.2, -0.15) is 0 Å². The van der Waals surface area contributed by atoms with Gasteiger partial charge in [-0.1, -0.05) is 11.2 Å². The number of methoxy groups -OCH3 is 2. The summed E-state index contributed by atoms with van der Waals surface area (Å²) < 4.78 is 15.7. The summed E-state index contributed by atoms with van der Waals surface area (Å²) >= 11 is 0. The maximum atomic E-state index is 12.1. The van der Waals surface area contributed by atoms with E-state index in [-0.39, 0.29) is 12.7 Å². The van der Waals surface area contributed by atoms with Gasteiger partial charge in [0.25, 0.3) is 5.91 Å². The number of ether oxygens (including phenoxy) is 3. The van der Waals surface area contributed by atoms with E-state index in [2.05, 4.69) is 15.2 Å². The van der Waals surface area contributed by atoms with Crippen LogP contribution in [0.1, 0.15) is 35.3 Å². The Balaban J connectivity index is 1.93. The zero-order valence-electron chi connectivity index (χ0n) is 17.7. The van der Waals surface area contributed by atoms with Crippen molar-refractivity contribution in [2.45, 2.75) is 26.9 Å². The Morgan fingerprint density at radius 1 is 1.10 bits per heavy atom. The summed E-state index contributed by atoms with van der Waals surface area (Å²) in [6.45, 7) is 5.39. The molecular formula is C22H26N2O6. The Labute approximate surface area is 175 Å². The van der Waals surface area contributed by atoms with E-state index in [1.165, 1.54) is 13.3 Å². The second-order valence-corrected chi connectivity index (χ2v) is 6.65. The lowest BCUT2D eigenvalue weighted by Crippen LogP contribution is -2.18. The zero-order valence-corrected chi connectivity index (χ0v) is 17.7. The normalized spacial score (nSPS) is 10.7. The molecule has 2 aromatic rings. The van der Waals surface area contributed by atoms with Crippen LogP contribution in [-0.4, -0.2) is 45.0 Å². The van der Waals surface area contributed by atoms with Crippen LogP contribution in [0.3, 0.4) is 0 Å². The van der Waals surface area contributed by atoms with Crippen LogP contribution in [0.25, 0.3) is 0 Å². The molecule has 30 heavy (non-hydrogen) atoms. The Morgan fingerprint density at radius 2 is 1.87 bits per heavy atom. The number of carbonyl (C=O) groups excluding carboxylic acids is 2. The Bertz CT molecular complexity index is 924. The minimum absolute atomic E-state index is 0.0252. The third-order valence-corrected chi connectivity index (χ3v) is 3.96. The first-order valence-electron chi connectivity index (χ1n) is 9.33. The summed E-state index contributed by atoms with van der Waals surface area (Å²) in [6.07, 6.45) is 1.50. The summed E-state index contributed by atoms with van der Waals surface area (Å²) in [5.74, 6) is 0.322. The monoisotopic (exact) mass is 414 g/mol. The Hall–Kier alpha value is -3.55. The van der Waals surface area contributed by atoms with E-state index in [0.29, 0.717) is 22.7 Å². The quantitative estimate of drug-likeness (QED) is 0.383. The molecule has 0 spiro atoms. The lowest BCUT2D eigenvalue weighted by Gasteiger charge is -2.13. The van der Waals surface area contributed by atoms with E-state index in [1.54, 1.807) is 43.5 Å². The van der Waals surface area contributed by atoms with E-state index < -0.39 is 11.9 Å². The van der Waals surface area contributed by atoms with Crippen molar-refractivity contribution in [3.8, 4) is 11.5 Å². The van der Waals surface area contributed by atoms with Gasteiger partial charge in [-0.25, -0.2) is 4.79 Å². The highest BCUT2D eigenvalue weighted by atomic mass is 16.6. The number of amides is 1. The molecule has 0 heterocycles. The van der Waals surface area contributed by atoms with Crippen LogP contribution in [0.15, 0.2) is 41.6 Å². The lowest BCUT2D eigenvalue weighted by molar-refractivity contribution is -0.120. The van der Waals surface area contributed by atoms with Crippen molar-refractivity contribution in [1.82, 2.24) is 0 Å². The fourth-order valence-electron chi connectivity index (χ4n) is 2.50. The molecule has 0 aromatic heterocycles. The molecule has 8 nitrogen and oxygen atoms in total. The number of nitrogens with zero attached hydrogens (tertiary/aromatic N) is 1. The smallest absolute Gasteiger partial charge is 0.337 e. The SMILES string of the molecule is COC(=O)c1ccc(C)c(NC(=O)CO/N=C\c2ccc(OC(C)C)c(OC)c2)c1. The lowest BCUT2D eigenvalue weighted by atomic mass is 10.1. The summed E-state index contributed by atoms with van der Waals surface area (Å²) in [5.41, 5.74) is 2.37. The Kier molecular flexibility index (Phi) is 8.22. The van der Waals surface area contributed by atoms with Gasteiger partial charge >= 0.3 is 5.97 Å². The van der Waals surface area contributed by atoms with E-state index in [4.69, 9.17) is 14.3 Å². The van der Waals surface area contributed by atoms with Crippen LogP contribution in [0.2, 0.25) is 0 Å². The molecule has 0 radical (unpaired) electrons. The first kappa shape index (κ1) is 22.7. The summed E-state index contributed by atoms with van der Waals surface area (Å²) in [5, 5.41) is 6.50. The van der Waals surface area contributed by atoms with Crippen LogP contribution in [-0.2, 0) is 14.4 Å². The molecule has 0 aliphatic rings. The minimum atomic E-state index is -0.480. The van der Waals surface area contributed by atoms with E-state index in [0.717, 1.165) is 11.1 Å². The highest BCUT2D eigenvalue weighted by Gasteiger charge is 2.11. The number of oxime groups is 1. The van der Waals surface area contributed by atoms with Gasteiger partial charge in [-0.3, -0.25) is 4.79 Å². The van der Waals surface area contributed by atoms with Gasteiger partial charge in [-0.15, -0.1) is 0 Å². The van der Waals surface area contributed by atoms with Gasteiger partial charge in [0.05, 0.1) is 32.1 Å². The minimum Gasteiger partial charge on any atom is -0.493 e. The topological polar surface area (TPSA) is 95.5 Å². The zero-order chi connectivity index (χ0) is 22.1. The van der Waals surface area contributed by atoms with Crippen molar-refractivity contribution < 1.29 is 28.6 Å². The van der Waals surface area contributed by atoms with Gasteiger partial charge in [0.15, 0.2) is 18.1 Å². The standard InChI is InChI=1S/C22H26N2O6/c1-14(2)30-19-9-7-16(10-20(19)27-4)12-23-29-13-21(25)24-18-11-17(22(26)28-5)8-6-15(18)3/h6-12,14H,13H2,1-5H3,(H,24,25)/b23-12-. The Morgan fingerprint density at radius 3 is 2.53 bits per heavy atom. The van der Waals surface area contributed by atoms with Crippen molar-refractivity contribution in [3.05, 3.63) is 53.1 Å². The van der Waals surface area contributed by atoms with Gasteiger partial charge in [-0.05, 0) is 56.7 Å². The molecule has 0 saturated heterocycles.